The van der Waals surface area contributed by atoms with Crippen molar-refractivity contribution in [3.8, 4) is 0 Å². The van der Waals surface area contributed by atoms with Gasteiger partial charge in [-0.3, -0.25) is 9.78 Å². The normalized spacial score (nSPS) is 26.9. The minimum Gasteiger partial charge on any atom is -0.380 e. The second kappa shape index (κ2) is 7.19. The van der Waals surface area contributed by atoms with Crippen LogP contribution in [0.5, 0.6) is 0 Å². The first-order valence-corrected chi connectivity index (χ1v) is 11.5. The van der Waals surface area contributed by atoms with Crippen LogP contribution in [-0.4, -0.2) is 20.8 Å². The Bertz CT molecular complexity index is 1170. The number of rotatable bonds is 4. The second-order valence-corrected chi connectivity index (χ2v) is 10.3. The summed E-state index contributed by atoms with van der Waals surface area (Å²) in [5.41, 5.74) is 3.09. The van der Waals surface area contributed by atoms with Gasteiger partial charge >= 0.3 is 0 Å². The Labute approximate surface area is 185 Å². The monoisotopic (exact) mass is 466 g/mol. The molecule has 3 aliphatic carbocycles. The molecule has 1 N–H and O–H groups in total. The summed E-state index contributed by atoms with van der Waals surface area (Å²) in [7, 11) is 0. The molecule has 1 aromatic carbocycles. The van der Waals surface area contributed by atoms with E-state index in [1.165, 1.54) is 11.1 Å². The van der Waals surface area contributed by atoms with Crippen LogP contribution in [0.3, 0.4) is 0 Å². The van der Waals surface area contributed by atoms with Gasteiger partial charge in [-0.15, -0.1) is 0 Å². The predicted octanol–water partition coefficient (Wildman–Crippen LogP) is 5.08. The molecule has 0 aliphatic heterocycles. The van der Waals surface area contributed by atoms with E-state index in [1.807, 2.05) is 30.3 Å². The molecule has 5 nitrogen and oxygen atoms in total. The van der Waals surface area contributed by atoms with Gasteiger partial charge in [-0.05, 0) is 69.6 Å². The first-order valence-electron chi connectivity index (χ1n) is 10.7. The van der Waals surface area contributed by atoms with Crippen LogP contribution in [0.4, 0.5) is 5.69 Å². The molecule has 3 aliphatic rings. The van der Waals surface area contributed by atoms with Gasteiger partial charge in [0.1, 0.15) is 4.47 Å². The molecule has 0 unspecified atom stereocenters. The first-order chi connectivity index (χ1) is 14.4. The number of nitrogens with one attached hydrogen (secondary N) is 1. The minimum absolute atomic E-state index is 0.116. The molecule has 3 fully saturated rings. The molecule has 2 aromatic heterocycles. The number of para-hydroxylation sites is 1. The maximum Gasteiger partial charge on any atom is 0.283 e. The largest absolute Gasteiger partial charge is 0.380 e. The van der Waals surface area contributed by atoms with E-state index in [2.05, 4.69) is 52.1 Å². The Hall–Kier alpha value is -2.21. The SMILES string of the molecule is C[C@@H]1[C@H]2C[C@@H](C[C@H]1Nc1cnn(Cc3ccnc4ccccc34)c(=O)c1Br)C2(C)C. The fraction of sp³-hybridized carbons (Fsp3) is 0.458. The lowest BCUT2D eigenvalue weighted by molar-refractivity contribution is -0.105. The van der Waals surface area contributed by atoms with Crippen LogP contribution in [-0.2, 0) is 6.54 Å². The average molecular weight is 467 g/mol. The Morgan fingerprint density at radius 1 is 1.23 bits per heavy atom. The highest BCUT2D eigenvalue weighted by atomic mass is 79.9. The third kappa shape index (κ3) is 3.08. The molecule has 0 saturated heterocycles. The molecule has 4 atom stereocenters. The predicted molar refractivity (Wildman–Crippen MR) is 124 cm³/mol. The second-order valence-electron chi connectivity index (χ2n) is 9.53. The van der Waals surface area contributed by atoms with E-state index in [4.69, 9.17) is 0 Å². The molecule has 30 heavy (non-hydrogen) atoms. The summed E-state index contributed by atoms with van der Waals surface area (Å²) in [5.74, 6) is 2.10. The molecule has 0 amide bonds. The van der Waals surface area contributed by atoms with Crippen LogP contribution in [0.1, 0.15) is 39.2 Å². The number of nitrogens with zero attached hydrogens (tertiary/aromatic N) is 3. The molecule has 2 bridgehead atoms. The van der Waals surface area contributed by atoms with Gasteiger partial charge in [0, 0.05) is 17.6 Å². The molecule has 0 radical (unpaired) electrons. The van der Waals surface area contributed by atoms with Gasteiger partial charge in [0.15, 0.2) is 0 Å². The zero-order valence-corrected chi connectivity index (χ0v) is 19.2. The lowest BCUT2D eigenvalue weighted by Crippen LogP contribution is -2.58. The van der Waals surface area contributed by atoms with Crippen molar-refractivity contribution in [1.29, 1.82) is 0 Å². The minimum atomic E-state index is -0.116. The fourth-order valence-electron chi connectivity index (χ4n) is 5.67. The molecule has 0 spiro atoms. The van der Waals surface area contributed by atoms with Gasteiger partial charge in [0.25, 0.3) is 5.56 Å². The van der Waals surface area contributed by atoms with E-state index >= 15 is 0 Å². The van der Waals surface area contributed by atoms with Crippen molar-refractivity contribution < 1.29 is 0 Å². The third-order valence-corrected chi connectivity index (χ3v) is 8.51. The standard InChI is InChI=1S/C24H27BrN4O/c1-14-18-10-16(24(18,2)3)11-20(14)28-21-12-27-29(23(30)22(21)25)13-15-8-9-26-19-7-5-4-6-17(15)19/h4-9,12,14,16,18,20,28H,10-11,13H2,1-3H3/t14-,16+,18-,20-/m1/s1. The number of hydrogen-bond acceptors (Lipinski definition) is 4. The highest BCUT2D eigenvalue weighted by Crippen LogP contribution is 2.61. The van der Waals surface area contributed by atoms with Gasteiger partial charge < -0.3 is 5.32 Å². The molecule has 6 rings (SSSR count). The van der Waals surface area contributed by atoms with Crippen molar-refractivity contribution in [2.75, 3.05) is 5.32 Å². The van der Waals surface area contributed by atoms with Gasteiger partial charge in [-0.2, -0.15) is 5.10 Å². The Balaban J connectivity index is 1.39. The van der Waals surface area contributed by atoms with Crippen LogP contribution in [0.2, 0.25) is 0 Å². The van der Waals surface area contributed by atoms with Crippen LogP contribution in [0.15, 0.2) is 52.0 Å². The first kappa shape index (κ1) is 19.7. The summed E-state index contributed by atoms with van der Waals surface area (Å²) in [6.45, 7) is 7.56. The molecule has 156 valence electrons. The lowest BCUT2D eigenvalue weighted by Gasteiger charge is -2.62. The number of aromatic nitrogens is 3. The summed E-state index contributed by atoms with van der Waals surface area (Å²) in [4.78, 5) is 17.4. The van der Waals surface area contributed by atoms with Crippen molar-refractivity contribution >= 4 is 32.5 Å². The topological polar surface area (TPSA) is 59.8 Å². The fourth-order valence-corrected chi connectivity index (χ4v) is 6.09. The van der Waals surface area contributed by atoms with Crippen molar-refractivity contribution in [2.45, 2.75) is 46.2 Å². The van der Waals surface area contributed by atoms with Crippen molar-refractivity contribution in [2.24, 2.45) is 23.2 Å². The number of pyridine rings is 1. The van der Waals surface area contributed by atoms with Crippen LogP contribution in [0.25, 0.3) is 10.9 Å². The number of benzene rings is 1. The van der Waals surface area contributed by atoms with Gasteiger partial charge in [0.05, 0.1) is 23.9 Å². The van der Waals surface area contributed by atoms with Crippen molar-refractivity contribution in [3.05, 3.63) is 63.1 Å². The highest BCUT2D eigenvalue weighted by Gasteiger charge is 2.56. The number of anilines is 1. The maximum atomic E-state index is 13.0. The zero-order chi connectivity index (χ0) is 21.0. The van der Waals surface area contributed by atoms with Gasteiger partial charge in [0.2, 0.25) is 0 Å². The number of fused-ring (bicyclic) bond motifs is 3. The Morgan fingerprint density at radius 3 is 2.80 bits per heavy atom. The quantitative estimate of drug-likeness (QED) is 0.581. The third-order valence-electron chi connectivity index (χ3n) is 7.74. The maximum absolute atomic E-state index is 13.0. The number of hydrogen-bond donors (Lipinski definition) is 1. The van der Waals surface area contributed by atoms with E-state index in [9.17, 15) is 4.79 Å². The molecule has 6 heteroatoms. The highest BCUT2D eigenvalue weighted by molar-refractivity contribution is 9.10. The van der Waals surface area contributed by atoms with Crippen molar-refractivity contribution in [1.82, 2.24) is 14.8 Å². The smallest absolute Gasteiger partial charge is 0.283 e. The summed E-state index contributed by atoms with van der Waals surface area (Å²) >= 11 is 3.54. The summed E-state index contributed by atoms with van der Waals surface area (Å²) in [6.07, 6.45) is 6.06. The van der Waals surface area contributed by atoms with E-state index in [1.54, 1.807) is 12.4 Å². The molecule has 3 aromatic rings. The average Bonchev–Trinajstić information content (AvgIpc) is 2.74. The molecular weight excluding hydrogens is 440 g/mol. The van der Waals surface area contributed by atoms with Gasteiger partial charge in [-0.1, -0.05) is 39.0 Å². The summed E-state index contributed by atoms with van der Waals surface area (Å²) in [6, 6.07) is 10.3. The molecular formula is C24H27BrN4O. The van der Waals surface area contributed by atoms with Crippen LogP contribution >= 0.6 is 15.9 Å². The van der Waals surface area contributed by atoms with E-state index in [0.29, 0.717) is 28.4 Å². The molecule has 2 heterocycles. The molecule has 3 saturated carbocycles. The van der Waals surface area contributed by atoms with Crippen molar-refractivity contribution in [3.63, 3.8) is 0 Å². The zero-order valence-electron chi connectivity index (χ0n) is 17.6. The van der Waals surface area contributed by atoms with E-state index in [0.717, 1.165) is 40.4 Å². The number of halogens is 1. The van der Waals surface area contributed by atoms with E-state index in [-0.39, 0.29) is 5.56 Å². The van der Waals surface area contributed by atoms with Crippen LogP contribution in [0, 0.1) is 23.2 Å². The lowest BCUT2D eigenvalue weighted by atomic mass is 9.45. The Morgan fingerprint density at radius 2 is 2.03 bits per heavy atom. The summed E-state index contributed by atoms with van der Waals surface area (Å²) < 4.78 is 2.07. The van der Waals surface area contributed by atoms with Crippen LogP contribution < -0.4 is 10.9 Å². The summed E-state index contributed by atoms with van der Waals surface area (Å²) in [5, 5.41) is 9.15. The van der Waals surface area contributed by atoms with E-state index < -0.39 is 0 Å². The van der Waals surface area contributed by atoms with Gasteiger partial charge in [-0.25, -0.2) is 4.68 Å². The Kier molecular flexibility index (Phi) is 4.73.